The average Bonchev–Trinajstić information content (AvgIpc) is 3.33. The van der Waals surface area contributed by atoms with Gasteiger partial charge in [-0.15, -0.1) is 22.7 Å². The standard InChI is InChI=1S/C19H12N2OS2/c22-17(15-11-23-18(20-15)13-7-3-1-4-8-13)16-12-24-19(21-16)14-9-5-2-6-10-14/h1-12H. The molecule has 0 bridgehead atoms. The minimum atomic E-state index is -0.133. The molecule has 4 rings (SSSR count). The van der Waals surface area contributed by atoms with E-state index in [4.69, 9.17) is 0 Å². The summed E-state index contributed by atoms with van der Waals surface area (Å²) in [5, 5.41) is 5.29. The van der Waals surface area contributed by atoms with E-state index in [1.807, 2.05) is 60.7 Å². The van der Waals surface area contributed by atoms with Crippen molar-refractivity contribution in [2.45, 2.75) is 0 Å². The Morgan fingerprint density at radius 2 is 1.08 bits per heavy atom. The summed E-state index contributed by atoms with van der Waals surface area (Å²) in [5.41, 5.74) is 2.93. The number of ketones is 1. The lowest BCUT2D eigenvalue weighted by atomic mass is 10.2. The van der Waals surface area contributed by atoms with Gasteiger partial charge in [0.15, 0.2) is 0 Å². The summed E-state index contributed by atoms with van der Waals surface area (Å²) in [6.07, 6.45) is 0. The molecule has 0 N–H and O–H groups in total. The molecule has 0 aliphatic carbocycles. The van der Waals surface area contributed by atoms with Crippen molar-refractivity contribution >= 4 is 28.5 Å². The van der Waals surface area contributed by atoms with E-state index in [1.165, 1.54) is 22.7 Å². The Hall–Kier alpha value is -2.63. The van der Waals surface area contributed by atoms with E-state index >= 15 is 0 Å². The van der Waals surface area contributed by atoms with Crippen molar-refractivity contribution in [1.82, 2.24) is 9.97 Å². The number of nitrogens with zero attached hydrogens (tertiary/aromatic N) is 2. The van der Waals surface area contributed by atoms with E-state index in [-0.39, 0.29) is 5.78 Å². The molecule has 4 aromatic rings. The van der Waals surface area contributed by atoms with Crippen LogP contribution in [0.2, 0.25) is 0 Å². The Kier molecular flexibility index (Phi) is 4.02. The first kappa shape index (κ1) is 14.9. The molecule has 0 spiro atoms. The zero-order chi connectivity index (χ0) is 16.4. The highest BCUT2D eigenvalue weighted by Gasteiger charge is 2.17. The first-order valence-corrected chi connectivity index (χ1v) is 9.14. The van der Waals surface area contributed by atoms with Gasteiger partial charge in [0.2, 0.25) is 5.78 Å². The number of rotatable bonds is 4. The SMILES string of the molecule is O=C(c1csc(-c2ccccc2)n1)c1csc(-c2ccccc2)n1. The van der Waals surface area contributed by atoms with Crippen molar-refractivity contribution < 1.29 is 4.79 Å². The maximum absolute atomic E-state index is 12.6. The normalized spacial score (nSPS) is 10.7. The van der Waals surface area contributed by atoms with Crippen LogP contribution in [0, 0.1) is 0 Å². The number of hydrogen-bond donors (Lipinski definition) is 0. The second-order valence-corrected chi connectivity index (χ2v) is 6.85. The predicted octanol–water partition coefficient (Wildman–Crippen LogP) is 5.16. The maximum atomic E-state index is 12.6. The zero-order valence-electron chi connectivity index (χ0n) is 12.5. The van der Waals surface area contributed by atoms with Gasteiger partial charge < -0.3 is 0 Å². The average molecular weight is 348 g/mol. The summed E-state index contributed by atoms with van der Waals surface area (Å²) in [6.45, 7) is 0. The molecule has 0 aliphatic heterocycles. The van der Waals surface area contributed by atoms with E-state index < -0.39 is 0 Å². The van der Waals surface area contributed by atoms with Crippen molar-refractivity contribution in [2.75, 3.05) is 0 Å². The largest absolute Gasteiger partial charge is 0.285 e. The first-order valence-electron chi connectivity index (χ1n) is 7.38. The molecule has 0 saturated carbocycles. The van der Waals surface area contributed by atoms with Gasteiger partial charge >= 0.3 is 0 Å². The van der Waals surface area contributed by atoms with E-state index in [2.05, 4.69) is 9.97 Å². The van der Waals surface area contributed by atoms with Crippen LogP contribution in [-0.2, 0) is 0 Å². The van der Waals surface area contributed by atoms with Crippen LogP contribution in [0.1, 0.15) is 16.2 Å². The molecule has 0 fully saturated rings. The first-order chi connectivity index (χ1) is 11.8. The molecule has 0 amide bonds. The molecular formula is C19H12N2OS2. The van der Waals surface area contributed by atoms with Gasteiger partial charge in [-0.1, -0.05) is 60.7 Å². The Labute approximate surface area is 147 Å². The molecule has 5 heteroatoms. The zero-order valence-corrected chi connectivity index (χ0v) is 14.2. The third-order valence-corrected chi connectivity index (χ3v) is 5.30. The summed E-state index contributed by atoms with van der Waals surface area (Å²) in [7, 11) is 0. The molecule has 24 heavy (non-hydrogen) atoms. The molecule has 0 atom stereocenters. The van der Waals surface area contributed by atoms with Gasteiger partial charge in [0.25, 0.3) is 0 Å². The van der Waals surface area contributed by atoms with Crippen molar-refractivity contribution in [2.24, 2.45) is 0 Å². The van der Waals surface area contributed by atoms with Gasteiger partial charge in [0.05, 0.1) is 0 Å². The summed E-state index contributed by atoms with van der Waals surface area (Å²) in [4.78, 5) is 21.6. The third-order valence-electron chi connectivity index (χ3n) is 3.52. The number of aromatic nitrogens is 2. The van der Waals surface area contributed by atoms with Crippen LogP contribution in [0.5, 0.6) is 0 Å². The second kappa shape index (κ2) is 6.47. The van der Waals surface area contributed by atoms with Gasteiger partial charge in [0, 0.05) is 21.9 Å². The second-order valence-electron chi connectivity index (χ2n) is 5.14. The topological polar surface area (TPSA) is 42.9 Å². The summed E-state index contributed by atoms with van der Waals surface area (Å²) in [6, 6.07) is 19.7. The van der Waals surface area contributed by atoms with Crippen molar-refractivity contribution in [1.29, 1.82) is 0 Å². The molecule has 2 aromatic carbocycles. The Morgan fingerprint density at radius 3 is 1.50 bits per heavy atom. The van der Waals surface area contributed by atoms with E-state index in [0.29, 0.717) is 11.4 Å². The van der Waals surface area contributed by atoms with Crippen LogP contribution in [0.4, 0.5) is 0 Å². The van der Waals surface area contributed by atoms with Crippen LogP contribution >= 0.6 is 22.7 Å². The molecule has 0 radical (unpaired) electrons. The molecule has 2 heterocycles. The van der Waals surface area contributed by atoms with Crippen molar-refractivity contribution in [3.63, 3.8) is 0 Å². The number of benzene rings is 2. The van der Waals surface area contributed by atoms with Crippen LogP contribution in [0.25, 0.3) is 21.1 Å². The van der Waals surface area contributed by atoms with Gasteiger partial charge in [0.1, 0.15) is 21.4 Å². The molecule has 0 saturated heterocycles. The summed E-state index contributed by atoms with van der Waals surface area (Å²) < 4.78 is 0. The smallest absolute Gasteiger partial charge is 0.231 e. The lowest BCUT2D eigenvalue weighted by Crippen LogP contribution is -2.02. The highest BCUT2D eigenvalue weighted by molar-refractivity contribution is 7.13. The quantitative estimate of drug-likeness (QED) is 0.478. The van der Waals surface area contributed by atoms with E-state index in [1.54, 1.807) is 10.8 Å². The summed E-state index contributed by atoms with van der Waals surface area (Å²) in [5.74, 6) is -0.133. The Morgan fingerprint density at radius 1 is 0.667 bits per heavy atom. The maximum Gasteiger partial charge on any atom is 0.231 e. The lowest BCUT2D eigenvalue weighted by molar-refractivity contribution is 0.103. The molecule has 0 unspecified atom stereocenters. The van der Waals surface area contributed by atoms with Crippen molar-refractivity contribution in [3.8, 4) is 21.1 Å². The number of carbonyl (C=O) groups excluding carboxylic acids is 1. The fourth-order valence-corrected chi connectivity index (χ4v) is 3.93. The van der Waals surface area contributed by atoms with Gasteiger partial charge in [-0.3, -0.25) is 4.79 Å². The number of thiazole rings is 2. The fraction of sp³-hybridized carbons (Fsp3) is 0. The number of hydrogen-bond acceptors (Lipinski definition) is 5. The fourth-order valence-electron chi connectivity index (χ4n) is 2.31. The van der Waals surface area contributed by atoms with Gasteiger partial charge in [-0.05, 0) is 0 Å². The highest BCUT2D eigenvalue weighted by atomic mass is 32.1. The minimum absolute atomic E-state index is 0.133. The molecule has 0 aliphatic rings. The van der Waals surface area contributed by atoms with Gasteiger partial charge in [-0.25, -0.2) is 9.97 Å². The van der Waals surface area contributed by atoms with Gasteiger partial charge in [-0.2, -0.15) is 0 Å². The third kappa shape index (κ3) is 2.91. The highest BCUT2D eigenvalue weighted by Crippen LogP contribution is 2.27. The monoisotopic (exact) mass is 348 g/mol. The Bertz CT molecular complexity index is 895. The number of carbonyl (C=O) groups is 1. The predicted molar refractivity (Wildman–Crippen MR) is 98.5 cm³/mol. The Balaban J connectivity index is 1.61. The van der Waals surface area contributed by atoms with E-state index in [9.17, 15) is 4.79 Å². The lowest BCUT2D eigenvalue weighted by Gasteiger charge is -1.95. The van der Waals surface area contributed by atoms with Crippen LogP contribution in [-0.4, -0.2) is 15.8 Å². The molecule has 3 nitrogen and oxygen atoms in total. The van der Waals surface area contributed by atoms with E-state index in [0.717, 1.165) is 21.1 Å². The molecular weight excluding hydrogens is 336 g/mol. The van der Waals surface area contributed by atoms with Crippen molar-refractivity contribution in [3.05, 3.63) is 82.8 Å². The van der Waals surface area contributed by atoms with Crippen LogP contribution in [0.15, 0.2) is 71.4 Å². The summed E-state index contributed by atoms with van der Waals surface area (Å²) >= 11 is 2.95. The molecule has 2 aromatic heterocycles. The van der Waals surface area contributed by atoms with Crippen LogP contribution in [0.3, 0.4) is 0 Å². The minimum Gasteiger partial charge on any atom is -0.285 e. The molecule has 116 valence electrons. The van der Waals surface area contributed by atoms with Crippen LogP contribution < -0.4 is 0 Å².